The molecular formula is C29H33N5O5. The van der Waals surface area contributed by atoms with Crippen LogP contribution in [0.25, 0.3) is 5.57 Å². The average molecular weight is 532 g/mol. The van der Waals surface area contributed by atoms with Crippen molar-refractivity contribution in [3.8, 4) is 5.75 Å². The van der Waals surface area contributed by atoms with Crippen LogP contribution in [0.1, 0.15) is 48.8 Å². The minimum Gasteiger partial charge on any atom is -0.493 e. The van der Waals surface area contributed by atoms with Crippen LogP contribution in [0.15, 0.2) is 64.2 Å². The molecule has 1 unspecified atom stereocenters. The number of nitrogens with one attached hydrogen (secondary N) is 3. The van der Waals surface area contributed by atoms with Gasteiger partial charge < -0.3 is 25.2 Å². The minimum absolute atomic E-state index is 0.0664. The maximum Gasteiger partial charge on any atom is 0.408 e. The van der Waals surface area contributed by atoms with Crippen molar-refractivity contribution in [2.75, 3.05) is 19.7 Å². The molecule has 0 spiro atoms. The minimum atomic E-state index is -1.14. The summed E-state index contributed by atoms with van der Waals surface area (Å²) < 4.78 is 11.1. The summed E-state index contributed by atoms with van der Waals surface area (Å²) in [6.07, 6.45) is 4.11. The van der Waals surface area contributed by atoms with Crippen LogP contribution in [0.3, 0.4) is 0 Å². The van der Waals surface area contributed by atoms with Gasteiger partial charge in [-0.05, 0) is 72.1 Å². The van der Waals surface area contributed by atoms with E-state index in [1.807, 2.05) is 42.5 Å². The summed E-state index contributed by atoms with van der Waals surface area (Å²) in [6.45, 7) is 1.79. The molecule has 10 heteroatoms. The Bertz CT molecular complexity index is 1300. The molecule has 2 aromatic rings. The molecule has 4 N–H and O–H groups in total. The molecule has 1 aliphatic heterocycles. The Hall–Kier alpha value is -4.34. The van der Waals surface area contributed by atoms with Gasteiger partial charge in [0, 0.05) is 13.0 Å². The van der Waals surface area contributed by atoms with E-state index in [0.29, 0.717) is 5.75 Å². The lowest BCUT2D eigenvalue weighted by Gasteiger charge is -2.16. The van der Waals surface area contributed by atoms with Crippen LogP contribution in [0.5, 0.6) is 5.75 Å². The van der Waals surface area contributed by atoms with Gasteiger partial charge in [-0.3, -0.25) is 0 Å². The van der Waals surface area contributed by atoms with Gasteiger partial charge in [-0.1, -0.05) is 36.4 Å². The summed E-state index contributed by atoms with van der Waals surface area (Å²) in [4.78, 5) is 28.2. The number of nitrogens with zero attached hydrogens (tertiary/aromatic N) is 2. The zero-order valence-corrected chi connectivity index (χ0v) is 21.7. The first-order valence-corrected chi connectivity index (χ1v) is 13.4. The zero-order valence-electron chi connectivity index (χ0n) is 21.7. The molecule has 204 valence electrons. The first kappa shape index (κ1) is 26.3. The quantitative estimate of drug-likeness (QED) is 0.363. The molecule has 0 fully saturated rings. The molecular weight excluding hydrogens is 498 g/mol. The average Bonchev–Trinajstić information content (AvgIpc) is 3.62. The number of alkyl carbamates (subject to hydrolysis) is 1. The highest BCUT2D eigenvalue weighted by Gasteiger charge is 2.26. The van der Waals surface area contributed by atoms with Crippen molar-refractivity contribution < 1.29 is 24.2 Å². The second kappa shape index (κ2) is 12.5. The first-order valence-electron chi connectivity index (χ1n) is 13.4. The summed E-state index contributed by atoms with van der Waals surface area (Å²) in [5.74, 6) is 0.253. The number of guanidine groups is 1. The van der Waals surface area contributed by atoms with Gasteiger partial charge in [-0.15, -0.1) is 0 Å². The van der Waals surface area contributed by atoms with Gasteiger partial charge in [0.15, 0.2) is 0 Å². The van der Waals surface area contributed by atoms with Gasteiger partial charge in [0.25, 0.3) is 0 Å². The van der Waals surface area contributed by atoms with E-state index in [4.69, 9.17) is 14.6 Å². The Labute approximate surface area is 227 Å². The van der Waals surface area contributed by atoms with Crippen molar-refractivity contribution >= 4 is 29.3 Å². The maximum absolute atomic E-state index is 12.1. The lowest BCUT2D eigenvalue weighted by Crippen LogP contribution is -2.42. The zero-order chi connectivity index (χ0) is 27.0. The highest BCUT2D eigenvalue weighted by molar-refractivity contribution is 6.08. The van der Waals surface area contributed by atoms with Crippen LogP contribution in [-0.4, -0.2) is 54.6 Å². The third-order valence-corrected chi connectivity index (χ3v) is 7.05. The van der Waals surface area contributed by atoms with Gasteiger partial charge in [-0.2, -0.15) is 5.10 Å². The molecule has 39 heavy (non-hydrogen) atoms. The second-order valence-corrected chi connectivity index (χ2v) is 9.69. The number of aliphatic carboxylic acids is 1. The number of hydrogen-bond acceptors (Lipinski definition) is 8. The molecule has 1 heterocycles. The normalized spacial score (nSPS) is 17.8. The summed E-state index contributed by atoms with van der Waals surface area (Å²) >= 11 is 0. The standard InChI is InChI=1S/C29H33N5O5/c35-27(36)26(32-29(37)39-18-19-5-2-1-3-6-19)13-16-38-21-10-11-22-20(17-21)9-12-25(24-8-4-7-23(22)24)33-34-28-30-14-15-31-28/h1-3,5-6,10-11,17,26H,4,7-9,12-16,18H2,(H,32,37)(H,35,36)(H2,30,31,34). The molecule has 0 saturated carbocycles. The maximum atomic E-state index is 12.1. The molecule has 0 bridgehead atoms. The van der Waals surface area contributed by atoms with Crippen molar-refractivity contribution in [3.63, 3.8) is 0 Å². The smallest absolute Gasteiger partial charge is 0.408 e. The van der Waals surface area contributed by atoms with Gasteiger partial charge in [0.1, 0.15) is 18.4 Å². The van der Waals surface area contributed by atoms with E-state index in [9.17, 15) is 14.7 Å². The Balaban J connectivity index is 1.17. The van der Waals surface area contributed by atoms with Crippen molar-refractivity contribution in [2.24, 2.45) is 10.1 Å². The fourth-order valence-corrected chi connectivity index (χ4v) is 5.10. The number of fused-ring (bicyclic) bond motifs is 2. The first-order chi connectivity index (χ1) is 19.1. The summed E-state index contributed by atoms with van der Waals surface area (Å²) in [5, 5.41) is 19.9. The van der Waals surface area contributed by atoms with E-state index in [0.717, 1.165) is 62.4 Å². The predicted octanol–water partition coefficient (Wildman–Crippen LogP) is 3.62. The molecule has 3 aliphatic rings. The van der Waals surface area contributed by atoms with Crippen molar-refractivity contribution in [1.29, 1.82) is 0 Å². The molecule has 0 radical (unpaired) electrons. The van der Waals surface area contributed by atoms with Crippen molar-refractivity contribution in [2.45, 2.75) is 51.2 Å². The van der Waals surface area contributed by atoms with E-state index in [-0.39, 0.29) is 19.6 Å². The molecule has 2 aliphatic carbocycles. The second-order valence-electron chi connectivity index (χ2n) is 9.69. The molecule has 10 nitrogen and oxygen atoms in total. The molecule has 5 rings (SSSR count). The van der Waals surface area contributed by atoms with Crippen LogP contribution in [0.2, 0.25) is 0 Å². The predicted molar refractivity (Wildman–Crippen MR) is 148 cm³/mol. The van der Waals surface area contributed by atoms with Crippen LogP contribution < -0.4 is 20.8 Å². The molecule has 0 aromatic heterocycles. The molecule has 0 saturated heterocycles. The number of hydrazone groups is 1. The number of ether oxygens (including phenoxy) is 2. The van der Waals surface area contributed by atoms with E-state index >= 15 is 0 Å². The lowest BCUT2D eigenvalue weighted by atomic mass is 9.97. The van der Waals surface area contributed by atoms with Gasteiger partial charge in [-0.25, -0.2) is 20.0 Å². The van der Waals surface area contributed by atoms with E-state index in [1.54, 1.807) is 0 Å². The highest BCUT2D eigenvalue weighted by atomic mass is 16.5. The molecule has 2 aromatic carbocycles. The Morgan fingerprint density at radius 2 is 1.92 bits per heavy atom. The number of aliphatic imine (C=N–C) groups is 1. The van der Waals surface area contributed by atoms with E-state index in [1.165, 1.54) is 22.3 Å². The number of aryl methyl sites for hydroxylation is 1. The van der Waals surface area contributed by atoms with E-state index < -0.39 is 18.1 Å². The number of carboxylic acids is 1. The molecule has 1 amide bonds. The SMILES string of the molecule is O=C(NC(CCOc1ccc2c(c1)CCC(=NNC1=NCCN1)C1=C2CCC1)C(=O)O)OCc1ccccc1. The Morgan fingerprint density at radius 3 is 2.72 bits per heavy atom. The number of carboxylic acid groups (broad SMARTS) is 1. The molecule has 1 atom stereocenters. The highest BCUT2D eigenvalue weighted by Crippen LogP contribution is 2.40. The largest absolute Gasteiger partial charge is 0.493 e. The number of allylic oxidation sites excluding steroid dienone is 2. The number of rotatable bonds is 9. The fourth-order valence-electron chi connectivity index (χ4n) is 5.10. The lowest BCUT2D eigenvalue weighted by molar-refractivity contribution is -0.139. The monoisotopic (exact) mass is 531 g/mol. The number of benzene rings is 2. The summed E-state index contributed by atoms with van der Waals surface area (Å²) in [7, 11) is 0. The fraction of sp³-hybridized carbons (Fsp3) is 0.379. The van der Waals surface area contributed by atoms with Crippen LogP contribution >= 0.6 is 0 Å². The number of carbonyl (C=O) groups excluding carboxylic acids is 1. The van der Waals surface area contributed by atoms with E-state index in [2.05, 4.69) is 27.1 Å². The van der Waals surface area contributed by atoms with Gasteiger partial charge in [0.05, 0.1) is 18.9 Å². The van der Waals surface area contributed by atoms with Crippen LogP contribution in [0.4, 0.5) is 4.79 Å². The summed E-state index contributed by atoms with van der Waals surface area (Å²) in [6, 6.07) is 14.1. The number of amides is 1. The van der Waals surface area contributed by atoms with Crippen LogP contribution in [-0.2, 0) is 22.6 Å². The number of carbonyl (C=O) groups is 2. The van der Waals surface area contributed by atoms with Gasteiger partial charge in [0.2, 0.25) is 5.96 Å². The third kappa shape index (κ3) is 6.76. The van der Waals surface area contributed by atoms with Crippen LogP contribution in [0, 0.1) is 0 Å². The van der Waals surface area contributed by atoms with Crippen molar-refractivity contribution in [1.82, 2.24) is 16.1 Å². The van der Waals surface area contributed by atoms with Gasteiger partial charge >= 0.3 is 12.1 Å². The topological polar surface area (TPSA) is 134 Å². The third-order valence-electron chi connectivity index (χ3n) is 7.05. The Kier molecular flexibility index (Phi) is 8.40. The Morgan fingerprint density at radius 1 is 1.08 bits per heavy atom. The summed E-state index contributed by atoms with van der Waals surface area (Å²) in [5.41, 5.74) is 10.1. The number of hydrogen-bond donors (Lipinski definition) is 4. The van der Waals surface area contributed by atoms with Crippen molar-refractivity contribution in [3.05, 3.63) is 70.8 Å².